The lowest BCUT2D eigenvalue weighted by atomic mass is 10.1. The van der Waals surface area contributed by atoms with Crippen LogP contribution in [0.15, 0.2) is 24.5 Å². The third-order valence-electron chi connectivity index (χ3n) is 5.68. The van der Waals surface area contributed by atoms with Gasteiger partial charge in [0, 0.05) is 69.4 Å². The van der Waals surface area contributed by atoms with E-state index in [2.05, 4.69) is 15.2 Å². The summed E-state index contributed by atoms with van der Waals surface area (Å²) in [5.74, 6) is 1.84. The molecule has 8 nitrogen and oxygen atoms in total. The van der Waals surface area contributed by atoms with E-state index in [9.17, 15) is 4.79 Å². The molecule has 0 bridgehead atoms. The molecule has 2 fully saturated rings. The van der Waals surface area contributed by atoms with E-state index >= 15 is 0 Å². The second kappa shape index (κ2) is 7.44. The van der Waals surface area contributed by atoms with Crippen LogP contribution in [-0.2, 0) is 22.6 Å². The van der Waals surface area contributed by atoms with E-state index in [1.807, 2.05) is 17.0 Å². The monoisotopic (exact) mass is 380 g/mol. The molecule has 0 radical (unpaired) electrons. The summed E-state index contributed by atoms with van der Waals surface area (Å²) in [6.45, 7) is 5.19. The Balaban J connectivity index is 1.36. The number of anilines is 1. The molecular weight excluding hydrogens is 356 g/mol. The maximum absolute atomic E-state index is 12.6. The molecular formula is C20H24N6O2. The molecule has 8 heteroatoms. The number of fused-ring (bicyclic) bond motifs is 1. The van der Waals surface area contributed by atoms with E-state index in [0.717, 1.165) is 56.1 Å². The number of carbonyl (C=O) groups is 1. The number of amides is 1. The van der Waals surface area contributed by atoms with Gasteiger partial charge in [-0.15, -0.1) is 0 Å². The number of rotatable bonds is 3. The average Bonchev–Trinajstić information content (AvgIpc) is 3.45. The molecule has 2 saturated heterocycles. The minimum atomic E-state index is -0.240. The molecule has 1 atom stereocenters. The molecule has 28 heavy (non-hydrogen) atoms. The second-order valence-electron chi connectivity index (χ2n) is 7.46. The summed E-state index contributed by atoms with van der Waals surface area (Å²) >= 11 is 0. The van der Waals surface area contributed by atoms with E-state index in [4.69, 9.17) is 14.7 Å². The molecule has 146 valence electrons. The zero-order chi connectivity index (χ0) is 18.9. The third kappa shape index (κ3) is 3.22. The zero-order valence-electron chi connectivity index (χ0n) is 15.8. The van der Waals surface area contributed by atoms with Crippen molar-refractivity contribution in [3.8, 4) is 11.4 Å². The van der Waals surface area contributed by atoms with Gasteiger partial charge in [-0.05, 0) is 25.0 Å². The predicted molar refractivity (Wildman–Crippen MR) is 104 cm³/mol. The lowest BCUT2D eigenvalue weighted by molar-refractivity contribution is -0.141. The van der Waals surface area contributed by atoms with Gasteiger partial charge in [-0.25, -0.2) is 9.97 Å². The highest BCUT2D eigenvalue weighted by molar-refractivity contribution is 5.81. The highest BCUT2D eigenvalue weighted by atomic mass is 16.5. The van der Waals surface area contributed by atoms with Crippen LogP contribution in [0.4, 0.5) is 5.82 Å². The average molecular weight is 380 g/mol. The first kappa shape index (κ1) is 17.5. The van der Waals surface area contributed by atoms with Gasteiger partial charge in [-0.3, -0.25) is 9.78 Å². The van der Waals surface area contributed by atoms with Crippen LogP contribution in [0.3, 0.4) is 0 Å². The molecule has 1 amide bonds. The molecule has 2 aromatic heterocycles. The molecule has 0 aliphatic carbocycles. The quantitative estimate of drug-likeness (QED) is 0.849. The molecule has 3 aliphatic heterocycles. The van der Waals surface area contributed by atoms with Gasteiger partial charge in [-0.2, -0.15) is 0 Å². The Kier molecular flexibility index (Phi) is 4.66. The number of ether oxygens (including phenoxy) is 1. The molecule has 1 N–H and O–H groups in total. The van der Waals surface area contributed by atoms with Crippen molar-refractivity contribution in [2.75, 3.05) is 37.7 Å². The predicted octanol–water partition coefficient (Wildman–Crippen LogP) is 0.969. The Hall–Kier alpha value is -2.58. The van der Waals surface area contributed by atoms with Crippen molar-refractivity contribution in [2.24, 2.45) is 0 Å². The smallest absolute Gasteiger partial charge is 0.251 e. The normalized spacial score (nSPS) is 21.8. The lowest BCUT2D eigenvalue weighted by Gasteiger charge is -2.37. The van der Waals surface area contributed by atoms with Gasteiger partial charge in [0.15, 0.2) is 5.82 Å². The molecule has 0 aromatic carbocycles. The van der Waals surface area contributed by atoms with Crippen molar-refractivity contribution in [1.29, 1.82) is 0 Å². The number of nitrogens with one attached hydrogen (secondary N) is 1. The van der Waals surface area contributed by atoms with Crippen molar-refractivity contribution in [1.82, 2.24) is 25.2 Å². The lowest BCUT2D eigenvalue weighted by Crippen LogP contribution is -2.51. The van der Waals surface area contributed by atoms with Gasteiger partial charge in [0.2, 0.25) is 0 Å². The number of nitrogens with zero attached hydrogens (tertiary/aromatic N) is 5. The molecule has 2 aromatic rings. The minimum Gasteiger partial charge on any atom is -0.368 e. The first-order valence-electron chi connectivity index (χ1n) is 9.96. The Morgan fingerprint density at radius 3 is 2.82 bits per heavy atom. The summed E-state index contributed by atoms with van der Waals surface area (Å²) in [5, 5.41) is 3.38. The van der Waals surface area contributed by atoms with Crippen LogP contribution in [-0.4, -0.2) is 64.6 Å². The summed E-state index contributed by atoms with van der Waals surface area (Å²) in [6, 6.07) is 3.89. The Bertz CT molecular complexity index is 860. The second-order valence-corrected chi connectivity index (χ2v) is 7.46. The molecule has 0 unspecified atom stereocenters. The van der Waals surface area contributed by atoms with E-state index in [1.165, 1.54) is 5.56 Å². The van der Waals surface area contributed by atoms with E-state index in [0.29, 0.717) is 25.5 Å². The number of hydrogen-bond acceptors (Lipinski definition) is 7. The zero-order valence-corrected chi connectivity index (χ0v) is 15.8. The van der Waals surface area contributed by atoms with Crippen molar-refractivity contribution >= 4 is 11.7 Å². The maximum Gasteiger partial charge on any atom is 0.251 e. The van der Waals surface area contributed by atoms with Crippen LogP contribution < -0.4 is 10.2 Å². The van der Waals surface area contributed by atoms with Crippen LogP contribution in [0.1, 0.15) is 24.1 Å². The summed E-state index contributed by atoms with van der Waals surface area (Å²) in [4.78, 5) is 30.7. The number of aromatic nitrogens is 3. The van der Waals surface area contributed by atoms with Gasteiger partial charge in [0.05, 0.1) is 5.69 Å². The summed E-state index contributed by atoms with van der Waals surface area (Å²) in [5.41, 5.74) is 3.15. The van der Waals surface area contributed by atoms with E-state index < -0.39 is 0 Å². The fourth-order valence-corrected chi connectivity index (χ4v) is 4.15. The van der Waals surface area contributed by atoms with E-state index in [1.54, 1.807) is 12.4 Å². The topological polar surface area (TPSA) is 83.5 Å². The highest BCUT2D eigenvalue weighted by Crippen LogP contribution is 2.29. The molecule has 0 spiro atoms. The maximum atomic E-state index is 12.6. The largest absolute Gasteiger partial charge is 0.368 e. The van der Waals surface area contributed by atoms with Crippen LogP contribution in [0.5, 0.6) is 0 Å². The van der Waals surface area contributed by atoms with Gasteiger partial charge in [-0.1, -0.05) is 0 Å². The van der Waals surface area contributed by atoms with Crippen molar-refractivity contribution in [2.45, 2.75) is 32.0 Å². The SMILES string of the molecule is O=C([C@@H]1CCCO1)N1CCN(c2nc(-c3cccnc3)nc3c2CNC3)CC1. The van der Waals surface area contributed by atoms with Crippen molar-refractivity contribution in [3.05, 3.63) is 35.8 Å². The summed E-state index contributed by atoms with van der Waals surface area (Å²) in [6.07, 6.45) is 5.14. The van der Waals surface area contributed by atoms with Crippen LogP contribution in [0, 0.1) is 0 Å². The van der Waals surface area contributed by atoms with Gasteiger partial charge in [0.1, 0.15) is 11.9 Å². The van der Waals surface area contributed by atoms with Crippen molar-refractivity contribution in [3.63, 3.8) is 0 Å². The van der Waals surface area contributed by atoms with Gasteiger partial charge in [0.25, 0.3) is 5.91 Å². The first-order valence-corrected chi connectivity index (χ1v) is 9.96. The Morgan fingerprint density at radius 1 is 1.18 bits per heavy atom. The summed E-state index contributed by atoms with van der Waals surface area (Å²) in [7, 11) is 0. The van der Waals surface area contributed by atoms with Crippen LogP contribution in [0.2, 0.25) is 0 Å². The Labute approximate surface area is 163 Å². The number of hydrogen-bond donors (Lipinski definition) is 1. The minimum absolute atomic E-state index is 0.141. The summed E-state index contributed by atoms with van der Waals surface area (Å²) < 4.78 is 5.57. The molecule has 0 saturated carbocycles. The molecule has 3 aliphatic rings. The first-order chi connectivity index (χ1) is 13.8. The number of pyridine rings is 1. The van der Waals surface area contributed by atoms with Crippen LogP contribution >= 0.6 is 0 Å². The third-order valence-corrected chi connectivity index (χ3v) is 5.68. The number of piperazine rings is 1. The molecule has 5 rings (SSSR count). The van der Waals surface area contributed by atoms with E-state index in [-0.39, 0.29) is 12.0 Å². The molecule has 5 heterocycles. The number of carbonyl (C=O) groups excluding carboxylic acids is 1. The Morgan fingerprint density at radius 2 is 2.07 bits per heavy atom. The highest BCUT2D eigenvalue weighted by Gasteiger charge is 2.32. The standard InChI is InChI=1S/C20H24N6O2/c27-20(17-4-2-10-28-17)26-8-6-25(7-9-26)19-15-12-22-13-16(15)23-18(24-19)14-3-1-5-21-11-14/h1,3,5,11,17,22H,2,4,6-10,12-13H2/t17-/m0/s1. The fourth-order valence-electron chi connectivity index (χ4n) is 4.15. The van der Waals surface area contributed by atoms with Crippen LogP contribution in [0.25, 0.3) is 11.4 Å². The fraction of sp³-hybridized carbons (Fsp3) is 0.500. The van der Waals surface area contributed by atoms with Crippen molar-refractivity contribution < 1.29 is 9.53 Å². The van der Waals surface area contributed by atoms with Gasteiger partial charge >= 0.3 is 0 Å². The van der Waals surface area contributed by atoms with Gasteiger partial charge < -0.3 is 19.9 Å².